The molecule has 24 heavy (non-hydrogen) atoms. The number of hydrogen-bond donors (Lipinski definition) is 2. The molecule has 2 N–H and O–H groups in total. The van der Waals surface area contributed by atoms with E-state index in [1.54, 1.807) is 0 Å². The number of piperidine rings is 1. The predicted molar refractivity (Wildman–Crippen MR) is 92.7 cm³/mol. The van der Waals surface area contributed by atoms with Gasteiger partial charge in [0.05, 0.1) is 18.8 Å². The molecule has 1 spiro atoms. The van der Waals surface area contributed by atoms with E-state index in [-0.39, 0.29) is 5.60 Å². The Labute approximate surface area is 141 Å². The van der Waals surface area contributed by atoms with E-state index in [1.165, 1.54) is 22.2 Å². The fraction of sp³-hybridized carbons (Fsp3) is 0.421. The van der Waals surface area contributed by atoms with Crippen LogP contribution in [0.1, 0.15) is 29.9 Å². The molecule has 5 nitrogen and oxygen atoms in total. The lowest BCUT2D eigenvalue weighted by atomic mass is 9.83. The average molecular weight is 322 g/mol. The number of para-hydroxylation sites is 1. The Morgan fingerprint density at radius 2 is 2.08 bits per heavy atom. The Kier molecular flexibility index (Phi) is 3.24. The van der Waals surface area contributed by atoms with Gasteiger partial charge in [0.25, 0.3) is 0 Å². The van der Waals surface area contributed by atoms with Crippen LogP contribution < -0.4 is 0 Å². The summed E-state index contributed by atoms with van der Waals surface area (Å²) in [5, 5.41) is 1.37. The van der Waals surface area contributed by atoms with Crippen molar-refractivity contribution < 1.29 is 4.74 Å². The molecule has 1 fully saturated rings. The van der Waals surface area contributed by atoms with Gasteiger partial charge in [0, 0.05) is 36.4 Å². The summed E-state index contributed by atoms with van der Waals surface area (Å²) in [5.74, 6) is 1.04. The van der Waals surface area contributed by atoms with E-state index in [2.05, 4.69) is 44.1 Å². The Balaban J connectivity index is 1.42. The van der Waals surface area contributed by atoms with Crippen LogP contribution in [0.25, 0.3) is 10.9 Å². The number of likely N-dealkylation sites (tertiary alicyclic amines) is 1. The summed E-state index contributed by atoms with van der Waals surface area (Å²) in [7, 11) is 0. The predicted octanol–water partition coefficient (Wildman–Crippen LogP) is 2.96. The molecule has 5 rings (SSSR count). The molecule has 0 radical (unpaired) electrons. The lowest BCUT2D eigenvalue weighted by molar-refractivity contribution is -0.101. The van der Waals surface area contributed by atoms with Crippen LogP contribution in [0.5, 0.6) is 0 Å². The lowest BCUT2D eigenvalue weighted by Gasteiger charge is -2.43. The third-order valence-electron chi connectivity index (χ3n) is 5.59. The Hall–Kier alpha value is -2.11. The minimum Gasteiger partial charge on any atom is -0.368 e. The Bertz CT molecular complexity index is 844. The highest BCUT2D eigenvalue weighted by Crippen LogP contribution is 2.43. The fourth-order valence-electron chi connectivity index (χ4n) is 4.33. The van der Waals surface area contributed by atoms with E-state index in [0.29, 0.717) is 0 Å². The van der Waals surface area contributed by atoms with Crippen molar-refractivity contribution in [1.82, 2.24) is 19.9 Å². The monoisotopic (exact) mass is 322 g/mol. The number of aromatic amines is 2. The molecule has 0 unspecified atom stereocenters. The van der Waals surface area contributed by atoms with E-state index in [0.717, 1.165) is 51.3 Å². The van der Waals surface area contributed by atoms with Gasteiger partial charge in [-0.25, -0.2) is 4.98 Å². The minimum atomic E-state index is -0.133. The number of nitrogens with zero attached hydrogens (tertiary/aromatic N) is 2. The Morgan fingerprint density at radius 1 is 1.21 bits per heavy atom. The summed E-state index contributed by atoms with van der Waals surface area (Å²) in [4.78, 5) is 13.7. The smallest absolute Gasteiger partial charge is 0.120 e. The Morgan fingerprint density at radius 3 is 2.92 bits per heavy atom. The van der Waals surface area contributed by atoms with Crippen LogP contribution in [-0.4, -0.2) is 39.5 Å². The third kappa shape index (κ3) is 2.19. The maximum atomic E-state index is 6.36. The zero-order valence-electron chi connectivity index (χ0n) is 13.7. The molecular formula is C19H22N4O. The SMILES string of the molecule is c1ccc2c3c([nH]c2c1)C1(CCN(Cc2ncc[nH]2)CC1)OCC3. The van der Waals surface area contributed by atoms with E-state index < -0.39 is 0 Å². The van der Waals surface area contributed by atoms with Gasteiger partial charge in [-0.15, -0.1) is 0 Å². The second-order valence-electron chi connectivity index (χ2n) is 6.93. The number of aromatic nitrogens is 3. The van der Waals surface area contributed by atoms with Gasteiger partial charge in [0.15, 0.2) is 0 Å². The molecule has 2 aliphatic heterocycles. The molecule has 0 atom stereocenters. The van der Waals surface area contributed by atoms with Crippen molar-refractivity contribution in [3.63, 3.8) is 0 Å². The second-order valence-corrected chi connectivity index (χ2v) is 6.93. The molecule has 0 bridgehead atoms. The van der Waals surface area contributed by atoms with E-state index in [9.17, 15) is 0 Å². The number of hydrogen-bond acceptors (Lipinski definition) is 3. The van der Waals surface area contributed by atoms with Crippen LogP contribution in [0.4, 0.5) is 0 Å². The van der Waals surface area contributed by atoms with Gasteiger partial charge in [0.1, 0.15) is 11.4 Å². The number of rotatable bonds is 2. The molecule has 3 aromatic rings. The number of ether oxygens (including phenoxy) is 1. The number of imidazole rings is 1. The first-order chi connectivity index (χ1) is 11.8. The normalized spacial score (nSPS) is 20.5. The van der Waals surface area contributed by atoms with Crippen molar-refractivity contribution in [1.29, 1.82) is 0 Å². The topological polar surface area (TPSA) is 56.9 Å². The van der Waals surface area contributed by atoms with Crippen LogP contribution >= 0.6 is 0 Å². The summed E-state index contributed by atoms with van der Waals surface area (Å²) in [6.07, 6.45) is 6.79. The fourth-order valence-corrected chi connectivity index (χ4v) is 4.33. The molecule has 4 heterocycles. The van der Waals surface area contributed by atoms with Crippen LogP contribution in [0.15, 0.2) is 36.7 Å². The van der Waals surface area contributed by atoms with Crippen LogP contribution in [-0.2, 0) is 23.3 Å². The maximum Gasteiger partial charge on any atom is 0.120 e. The van der Waals surface area contributed by atoms with Gasteiger partial charge < -0.3 is 14.7 Å². The highest BCUT2D eigenvalue weighted by Gasteiger charge is 2.42. The molecule has 1 saturated heterocycles. The standard InChI is InChI=1S/C19H22N4O/c1-2-4-16-14(3-1)15-5-12-24-19(18(15)22-16)6-10-23(11-7-19)13-17-20-8-9-21-17/h1-4,8-9,22H,5-7,10-13H2,(H,20,21). The number of nitrogens with one attached hydrogen (secondary N) is 2. The molecule has 0 aliphatic carbocycles. The van der Waals surface area contributed by atoms with Gasteiger partial charge in [0.2, 0.25) is 0 Å². The summed E-state index contributed by atoms with van der Waals surface area (Å²) in [6, 6.07) is 8.64. The number of benzene rings is 1. The van der Waals surface area contributed by atoms with Gasteiger partial charge in [-0.3, -0.25) is 4.90 Å². The van der Waals surface area contributed by atoms with Crippen molar-refractivity contribution >= 4 is 10.9 Å². The molecule has 5 heteroatoms. The average Bonchev–Trinajstić information content (AvgIpc) is 3.26. The third-order valence-corrected chi connectivity index (χ3v) is 5.59. The molecule has 124 valence electrons. The highest BCUT2D eigenvalue weighted by atomic mass is 16.5. The minimum absolute atomic E-state index is 0.133. The van der Waals surface area contributed by atoms with Crippen LogP contribution in [0.2, 0.25) is 0 Å². The van der Waals surface area contributed by atoms with Gasteiger partial charge in [-0.1, -0.05) is 18.2 Å². The largest absolute Gasteiger partial charge is 0.368 e. The zero-order valence-corrected chi connectivity index (χ0v) is 13.7. The number of H-pyrrole nitrogens is 2. The molecule has 1 aromatic carbocycles. The summed E-state index contributed by atoms with van der Waals surface area (Å²) in [5.41, 5.74) is 3.90. The van der Waals surface area contributed by atoms with E-state index >= 15 is 0 Å². The van der Waals surface area contributed by atoms with Crippen LogP contribution in [0, 0.1) is 0 Å². The first-order valence-corrected chi connectivity index (χ1v) is 8.79. The zero-order chi connectivity index (χ0) is 16.0. The first-order valence-electron chi connectivity index (χ1n) is 8.79. The van der Waals surface area contributed by atoms with Gasteiger partial charge in [-0.2, -0.15) is 0 Å². The maximum absolute atomic E-state index is 6.36. The van der Waals surface area contributed by atoms with Gasteiger partial charge in [-0.05, 0) is 30.9 Å². The van der Waals surface area contributed by atoms with E-state index in [4.69, 9.17) is 4.74 Å². The second kappa shape index (κ2) is 5.46. The van der Waals surface area contributed by atoms with E-state index in [1.807, 2.05) is 12.4 Å². The van der Waals surface area contributed by atoms with Crippen molar-refractivity contribution in [3.05, 3.63) is 53.7 Å². The molecule has 2 aliphatic rings. The molecule has 2 aromatic heterocycles. The van der Waals surface area contributed by atoms with Gasteiger partial charge >= 0.3 is 0 Å². The lowest BCUT2D eigenvalue weighted by Crippen LogP contribution is -2.46. The summed E-state index contributed by atoms with van der Waals surface area (Å²) >= 11 is 0. The molecular weight excluding hydrogens is 300 g/mol. The molecule has 0 amide bonds. The summed E-state index contributed by atoms with van der Waals surface area (Å²) < 4.78 is 6.36. The highest BCUT2D eigenvalue weighted by molar-refractivity contribution is 5.85. The number of fused-ring (bicyclic) bond motifs is 4. The van der Waals surface area contributed by atoms with Crippen molar-refractivity contribution in [2.45, 2.75) is 31.4 Å². The first kappa shape index (κ1) is 14.3. The van der Waals surface area contributed by atoms with Crippen LogP contribution in [0.3, 0.4) is 0 Å². The van der Waals surface area contributed by atoms with Crippen molar-refractivity contribution in [2.75, 3.05) is 19.7 Å². The summed E-state index contributed by atoms with van der Waals surface area (Å²) in [6.45, 7) is 3.79. The quantitative estimate of drug-likeness (QED) is 0.763. The van der Waals surface area contributed by atoms with Crippen molar-refractivity contribution in [2.24, 2.45) is 0 Å². The molecule has 0 saturated carbocycles. The van der Waals surface area contributed by atoms with Crippen molar-refractivity contribution in [3.8, 4) is 0 Å².